The third-order valence-corrected chi connectivity index (χ3v) is 6.48. The summed E-state index contributed by atoms with van der Waals surface area (Å²) in [6.07, 6.45) is -1.41. The monoisotopic (exact) mass is 524 g/mol. The molecule has 2 N–H and O–H groups in total. The van der Waals surface area contributed by atoms with Gasteiger partial charge in [-0.3, -0.25) is 4.90 Å². The van der Waals surface area contributed by atoms with E-state index >= 15 is 0 Å². The summed E-state index contributed by atoms with van der Waals surface area (Å²) in [5.41, 5.74) is 0.594. The minimum absolute atomic E-state index is 0.126. The van der Waals surface area contributed by atoms with Crippen LogP contribution in [0.1, 0.15) is 11.5 Å². The number of pyridine rings is 2. The lowest BCUT2D eigenvalue weighted by atomic mass is 10.0. The number of piperazine rings is 1. The van der Waals surface area contributed by atoms with E-state index in [-0.39, 0.29) is 11.5 Å². The van der Waals surface area contributed by atoms with Crippen LogP contribution in [0.4, 0.5) is 23.8 Å². The first-order valence-corrected chi connectivity index (χ1v) is 12.3. The Labute approximate surface area is 217 Å². The highest BCUT2D eigenvalue weighted by atomic mass is 19.4. The molecule has 0 saturated carbocycles. The van der Waals surface area contributed by atoms with E-state index < -0.39 is 11.9 Å². The number of halogens is 3. The highest BCUT2D eigenvalue weighted by Gasteiger charge is 2.33. The van der Waals surface area contributed by atoms with E-state index in [9.17, 15) is 18.0 Å². The van der Waals surface area contributed by atoms with E-state index in [1.54, 1.807) is 23.4 Å². The molecule has 0 spiro atoms. The molecule has 11 heteroatoms. The van der Waals surface area contributed by atoms with Crippen LogP contribution in [-0.2, 0) is 12.7 Å². The van der Waals surface area contributed by atoms with Gasteiger partial charge in [0.25, 0.3) is 0 Å². The van der Waals surface area contributed by atoms with Crippen LogP contribution in [-0.4, -0.2) is 65.1 Å². The van der Waals surface area contributed by atoms with Crippen LogP contribution < -0.4 is 10.6 Å². The number of carbonyl (C=O) groups excluding carboxylic acids is 1. The van der Waals surface area contributed by atoms with Crippen LogP contribution in [0.25, 0.3) is 22.0 Å². The normalized spacial score (nSPS) is 14.6. The Morgan fingerprint density at radius 2 is 1.79 bits per heavy atom. The van der Waals surface area contributed by atoms with Crippen molar-refractivity contribution in [3.05, 3.63) is 78.5 Å². The molecular weight excluding hydrogens is 497 g/mol. The minimum atomic E-state index is -4.54. The standard InChI is InChI=1S/C27H27F3N6O2/c28-27(29,30)23-9-8-21-24(34-23)22(19-5-2-1-3-6-19)18-32-25(21)31-10-11-35-12-14-36(15-13-35)26(37)33-17-20-7-4-16-38-20/h1-9,16,18H,10-15,17H2,(H,31,32)(H,33,37). The van der Waals surface area contributed by atoms with Crippen LogP contribution in [0.2, 0.25) is 0 Å². The van der Waals surface area contributed by atoms with Gasteiger partial charge in [-0.05, 0) is 29.8 Å². The van der Waals surface area contributed by atoms with Crippen LogP contribution in [0.3, 0.4) is 0 Å². The summed E-state index contributed by atoms with van der Waals surface area (Å²) in [5, 5.41) is 6.65. The van der Waals surface area contributed by atoms with E-state index in [0.29, 0.717) is 68.3 Å². The second-order valence-electron chi connectivity index (χ2n) is 8.97. The van der Waals surface area contributed by atoms with Gasteiger partial charge in [0.2, 0.25) is 0 Å². The molecule has 0 radical (unpaired) electrons. The molecule has 0 aliphatic carbocycles. The second kappa shape index (κ2) is 11.1. The predicted molar refractivity (Wildman–Crippen MR) is 137 cm³/mol. The summed E-state index contributed by atoms with van der Waals surface area (Å²) >= 11 is 0. The van der Waals surface area contributed by atoms with Crippen molar-refractivity contribution in [3.63, 3.8) is 0 Å². The molecule has 1 aliphatic heterocycles. The molecule has 0 unspecified atom stereocenters. The van der Waals surface area contributed by atoms with E-state index in [0.717, 1.165) is 11.6 Å². The summed E-state index contributed by atoms with van der Waals surface area (Å²) in [7, 11) is 0. The molecule has 1 aromatic carbocycles. The van der Waals surface area contributed by atoms with Crippen molar-refractivity contribution in [3.8, 4) is 11.1 Å². The SMILES string of the molecule is O=C(NCc1ccco1)N1CCN(CCNc2ncc(-c3ccccc3)c3nc(C(F)(F)F)ccc23)CC1. The molecule has 8 nitrogen and oxygen atoms in total. The number of rotatable bonds is 7. The Bertz CT molecular complexity index is 1370. The first kappa shape index (κ1) is 25.5. The van der Waals surface area contributed by atoms with Crippen molar-refractivity contribution in [2.75, 3.05) is 44.6 Å². The van der Waals surface area contributed by atoms with Crippen molar-refractivity contribution < 1.29 is 22.4 Å². The lowest BCUT2D eigenvalue weighted by Crippen LogP contribution is -2.52. The van der Waals surface area contributed by atoms with Gasteiger partial charge < -0.3 is 20.0 Å². The van der Waals surface area contributed by atoms with Crippen molar-refractivity contribution in [2.24, 2.45) is 0 Å². The fourth-order valence-electron chi connectivity index (χ4n) is 4.44. The van der Waals surface area contributed by atoms with Gasteiger partial charge >= 0.3 is 12.2 Å². The van der Waals surface area contributed by atoms with Gasteiger partial charge in [-0.1, -0.05) is 30.3 Å². The van der Waals surface area contributed by atoms with Gasteiger partial charge in [-0.2, -0.15) is 13.2 Å². The highest BCUT2D eigenvalue weighted by Crippen LogP contribution is 2.34. The number of aromatic nitrogens is 2. The topological polar surface area (TPSA) is 86.5 Å². The van der Waals surface area contributed by atoms with Gasteiger partial charge in [0.15, 0.2) is 0 Å². The number of anilines is 1. The molecule has 0 atom stereocenters. The minimum Gasteiger partial charge on any atom is -0.467 e. The number of furan rings is 1. The van der Waals surface area contributed by atoms with Crippen molar-refractivity contribution in [1.29, 1.82) is 0 Å². The Morgan fingerprint density at radius 1 is 1.00 bits per heavy atom. The van der Waals surface area contributed by atoms with Gasteiger partial charge in [-0.25, -0.2) is 14.8 Å². The van der Waals surface area contributed by atoms with E-state index in [2.05, 4.69) is 25.5 Å². The summed E-state index contributed by atoms with van der Waals surface area (Å²) in [5.74, 6) is 1.18. The third-order valence-electron chi connectivity index (χ3n) is 6.48. The van der Waals surface area contributed by atoms with E-state index in [1.165, 1.54) is 6.07 Å². The number of alkyl halides is 3. The van der Waals surface area contributed by atoms with Gasteiger partial charge in [0, 0.05) is 56.4 Å². The number of urea groups is 1. The van der Waals surface area contributed by atoms with Gasteiger partial charge in [-0.15, -0.1) is 0 Å². The molecular formula is C27H27F3N6O2. The van der Waals surface area contributed by atoms with E-state index in [1.807, 2.05) is 36.4 Å². The van der Waals surface area contributed by atoms with E-state index in [4.69, 9.17) is 4.42 Å². The maximum Gasteiger partial charge on any atom is 0.433 e. The Kier molecular flexibility index (Phi) is 7.45. The fourth-order valence-corrected chi connectivity index (χ4v) is 4.44. The first-order chi connectivity index (χ1) is 18.4. The van der Waals surface area contributed by atoms with Crippen molar-refractivity contribution >= 4 is 22.8 Å². The number of carbonyl (C=O) groups is 1. The molecule has 1 fully saturated rings. The molecule has 4 aromatic rings. The zero-order chi connectivity index (χ0) is 26.5. The van der Waals surface area contributed by atoms with Crippen LogP contribution >= 0.6 is 0 Å². The summed E-state index contributed by atoms with van der Waals surface area (Å²) in [6.45, 7) is 4.21. The zero-order valence-corrected chi connectivity index (χ0v) is 20.5. The Hall–Kier alpha value is -4.12. The lowest BCUT2D eigenvalue weighted by Gasteiger charge is -2.34. The molecule has 5 rings (SSSR count). The molecule has 1 saturated heterocycles. The summed E-state index contributed by atoms with van der Waals surface area (Å²) in [4.78, 5) is 24.9. The molecule has 38 heavy (non-hydrogen) atoms. The average Bonchev–Trinajstić information content (AvgIpc) is 3.46. The maximum absolute atomic E-state index is 13.4. The second-order valence-corrected chi connectivity index (χ2v) is 8.97. The fraction of sp³-hybridized carbons (Fsp3) is 0.296. The largest absolute Gasteiger partial charge is 0.467 e. The van der Waals surface area contributed by atoms with Crippen LogP contribution in [0.15, 0.2) is 71.5 Å². The lowest BCUT2D eigenvalue weighted by molar-refractivity contribution is -0.140. The third kappa shape index (κ3) is 5.88. The molecule has 0 bridgehead atoms. The summed E-state index contributed by atoms with van der Waals surface area (Å²) < 4.78 is 45.5. The number of nitrogens with zero attached hydrogens (tertiary/aromatic N) is 4. The molecule has 3 aromatic heterocycles. The Balaban J connectivity index is 1.21. The highest BCUT2D eigenvalue weighted by molar-refractivity contribution is 5.99. The number of nitrogens with one attached hydrogen (secondary N) is 2. The number of fused-ring (bicyclic) bond motifs is 1. The Morgan fingerprint density at radius 3 is 2.50 bits per heavy atom. The summed E-state index contributed by atoms with van der Waals surface area (Å²) in [6, 6.07) is 15.0. The average molecular weight is 525 g/mol. The number of amides is 2. The van der Waals surface area contributed by atoms with Crippen LogP contribution in [0.5, 0.6) is 0 Å². The number of benzene rings is 1. The van der Waals surface area contributed by atoms with Gasteiger partial charge in [0.1, 0.15) is 17.3 Å². The quantitative estimate of drug-likeness (QED) is 0.360. The molecule has 1 aliphatic rings. The smallest absolute Gasteiger partial charge is 0.433 e. The first-order valence-electron chi connectivity index (χ1n) is 12.3. The van der Waals surface area contributed by atoms with Crippen molar-refractivity contribution in [1.82, 2.24) is 25.1 Å². The zero-order valence-electron chi connectivity index (χ0n) is 20.5. The maximum atomic E-state index is 13.4. The van der Waals surface area contributed by atoms with Crippen molar-refractivity contribution in [2.45, 2.75) is 12.7 Å². The molecule has 198 valence electrons. The van der Waals surface area contributed by atoms with Gasteiger partial charge in [0.05, 0.1) is 18.3 Å². The number of hydrogen-bond acceptors (Lipinski definition) is 6. The molecule has 4 heterocycles. The molecule has 2 amide bonds. The predicted octanol–water partition coefficient (Wildman–Crippen LogP) is 4.85. The van der Waals surface area contributed by atoms with Crippen LogP contribution in [0, 0.1) is 0 Å². The number of hydrogen-bond donors (Lipinski definition) is 2.